The van der Waals surface area contributed by atoms with Crippen LogP contribution in [0.5, 0.6) is 0 Å². The van der Waals surface area contributed by atoms with Gasteiger partial charge in [-0.1, -0.05) is 24.3 Å². The van der Waals surface area contributed by atoms with Crippen molar-refractivity contribution in [3.05, 3.63) is 88.5 Å². The number of carbonyl (C=O) groups excluding carboxylic acids is 3. The van der Waals surface area contributed by atoms with E-state index >= 15 is 4.39 Å². The van der Waals surface area contributed by atoms with Gasteiger partial charge in [0.1, 0.15) is 18.9 Å². The van der Waals surface area contributed by atoms with Crippen LogP contribution in [0, 0.1) is 11.6 Å². The number of morpholine rings is 1. The van der Waals surface area contributed by atoms with Crippen molar-refractivity contribution < 1.29 is 52.0 Å². The van der Waals surface area contributed by atoms with Crippen LogP contribution in [-0.2, 0) is 39.0 Å². The molecule has 6 rings (SSSR count). The Kier molecular flexibility index (Phi) is 8.94. The molecule has 1 amide bonds. The number of hydrogen-bond acceptors (Lipinski definition) is 12. The minimum atomic E-state index is -1.38. The van der Waals surface area contributed by atoms with Crippen LogP contribution < -0.4 is 0 Å². The van der Waals surface area contributed by atoms with Crippen molar-refractivity contribution in [3.63, 3.8) is 0 Å². The average Bonchev–Trinajstić information content (AvgIpc) is 3.21. The molecule has 4 aliphatic rings. The number of amides is 1. The quantitative estimate of drug-likeness (QED) is 0.351. The Labute approximate surface area is 260 Å². The van der Waals surface area contributed by atoms with Gasteiger partial charge in [-0.25, -0.2) is 13.6 Å². The number of aliphatic hydroxyl groups excluding tert-OH is 1. The summed E-state index contributed by atoms with van der Waals surface area (Å²) >= 11 is 1.38. The number of aliphatic hydroxyl groups is 1. The first kappa shape index (κ1) is 30.8. The molecule has 45 heavy (non-hydrogen) atoms. The van der Waals surface area contributed by atoms with E-state index in [4.69, 9.17) is 18.9 Å². The molecule has 0 aromatic heterocycles. The number of carbonyl (C=O) groups is 3. The fourth-order valence-corrected chi connectivity index (χ4v) is 6.82. The van der Waals surface area contributed by atoms with Gasteiger partial charge in [0, 0.05) is 29.0 Å². The van der Waals surface area contributed by atoms with Crippen LogP contribution in [0.25, 0.3) is 0 Å². The Balaban J connectivity index is 1.38. The van der Waals surface area contributed by atoms with E-state index in [0.717, 1.165) is 16.5 Å². The van der Waals surface area contributed by atoms with Crippen LogP contribution >= 0.6 is 11.8 Å². The van der Waals surface area contributed by atoms with Crippen molar-refractivity contribution in [2.45, 2.75) is 35.4 Å². The molecule has 0 aliphatic carbocycles. The molecule has 0 spiro atoms. The van der Waals surface area contributed by atoms with Crippen molar-refractivity contribution in [1.82, 2.24) is 14.9 Å². The first-order valence-corrected chi connectivity index (χ1v) is 15.0. The molecule has 12 nitrogen and oxygen atoms in total. The monoisotopic (exact) mass is 645 g/mol. The maximum absolute atomic E-state index is 15.3. The summed E-state index contributed by atoms with van der Waals surface area (Å²) in [6.45, 7) is -0.414. The van der Waals surface area contributed by atoms with Crippen LogP contribution in [0.4, 0.5) is 13.6 Å². The van der Waals surface area contributed by atoms with E-state index in [1.165, 1.54) is 36.2 Å². The summed E-state index contributed by atoms with van der Waals surface area (Å²) in [6.07, 6.45) is -0.456. The van der Waals surface area contributed by atoms with Crippen LogP contribution in [0.3, 0.4) is 0 Å². The van der Waals surface area contributed by atoms with Crippen LogP contribution in [0.1, 0.15) is 29.2 Å². The van der Waals surface area contributed by atoms with E-state index < -0.39 is 54.8 Å². The molecular formula is C30H29F2N3O9S. The summed E-state index contributed by atoms with van der Waals surface area (Å²) < 4.78 is 55.6. The molecule has 0 saturated carbocycles. The number of ether oxygens (including phenoxy) is 5. The molecule has 4 aliphatic heterocycles. The number of thioether (sulfide) groups is 1. The number of nitrogens with zero attached hydrogens (tertiary/aromatic N) is 3. The predicted molar refractivity (Wildman–Crippen MR) is 151 cm³/mol. The van der Waals surface area contributed by atoms with Gasteiger partial charge in [0.15, 0.2) is 23.1 Å². The summed E-state index contributed by atoms with van der Waals surface area (Å²) in [7, 11) is 1.20. The smallest absolute Gasteiger partial charge is 0.469 e. The Hall–Kier alpha value is -4.18. The van der Waals surface area contributed by atoms with Gasteiger partial charge in [-0.15, -0.1) is 11.8 Å². The van der Waals surface area contributed by atoms with Crippen LogP contribution in [0.2, 0.25) is 0 Å². The highest BCUT2D eigenvalue weighted by Gasteiger charge is 2.50. The van der Waals surface area contributed by atoms with Crippen molar-refractivity contribution in [2.24, 2.45) is 0 Å². The molecule has 3 atom stereocenters. The van der Waals surface area contributed by atoms with Crippen LogP contribution in [0.15, 0.2) is 65.0 Å². The third kappa shape index (κ3) is 5.83. The zero-order valence-electron chi connectivity index (χ0n) is 24.0. The number of halogens is 2. The number of esters is 1. The fraction of sp³-hybridized carbons (Fsp3) is 0.367. The lowest BCUT2D eigenvalue weighted by atomic mass is 9.92. The summed E-state index contributed by atoms with van der Waals surface area (Å²) in [5.41, 5.74) is 1.45. The van der Waals surface area contributed by atoms with Gasteiger partial charge < -0.3 is 33.7 Å². The van der Waals surface area contributed by atoms with Crippen molar-refractivity contribution in [2.75, 3.05) is 40.3 Å². The molecule has 4 heterocycles. The Morgan fingerprint density at radius 3 is 2.78 bits per heavy atom. The molecule has 0 bridgehead atoms. The highest BCUT2D eigenvalue weighted by molar-refractivity contribution is 7.98. The maximum atomic E-state index is 15.3. The zero-order valence-corrected chi connectivity index (χ0v) is 24.8. The average molecular weight is 646 g/mol. The first-order chi connectivity index (χ1) is 21.8. The minimum Gasteiger partial charge on any atom is -0.469 e. The standard InChI is InChI=1S/C30H29F2N3O9S/c1-40-24(37)9-12-42-30(39)44-16-43-28-21(36)8-10-34-27(28)29(38)33-11-13-41-14-23(33)35(34)26-17-6-7-20(31)25(32)19(17)15-45-22-5-3-2-4-18(22)26/h2-8,10,21,23,26,36H,9,11-16H2,1H3/t21?,23-,26+/m1/s1. The van der Waals surface area contributed by atoms with E-state index in [0.29, 0.717) is 5.56 Å². The van der Waals surface area contributed by atoms with Gasteiger partial charge in [-0.05, 0) is 29.3 Å². The van der Waals surface area contributed by atoms with E-state index in [1.807, 2.05) is 29.3 Å². The Morgan fingerprint density at radius 2 is 1.96 bits per heavy atom. The van der Waals surface area contributed by atoms with Gasteiger partial charge in [-0.3, -0.25) is 14.6 Å². The van der Waals surface area contributed by atoms with Gasteiger partial charge in [-0.2, -0.15) is 5.01 Å². The maximum Gasteiger partial charge on any atom is 0.511 e. The SMILES string of the molecule is COC(=O)CCOC(=O)OCOC1=C2C(=O)N3CCOC[C@H]3N([C@@H]3c4ccccc4SCc4c3ccc(F)c4F)N2C=CC1O. The number of hydrogen-bond donors (Lipinski definition) is 1. The number of hydrazine groups is 1. The Bertz CT molecular complexity index is 1570. The summed E-state index contributed by atoms with van der Waals surface area (Å²) in [4.78, 5) is 39.7. The third-order valence-electron chi connectivity index (χ3n) is 7.78. The molecule has 238 valence electrons. The van der Waals surface area contributed by atoms with Crippen LogP contribution in [-0.4, -0.2) is 90.6 Å². The second-order valence-electron chi connectivity index (χ2n) is 10.3. The molecule has 2 aromatic carbocycles. The predicted octanol–water partition coefficient (Wildman–Crippen LogP) is 3.17. The number of rotatable bonds is 7. The zero-order chi connectivity index (χ0) is 31.7. The second-order valence-corrected chi connectivity index (χ2v) is 11.3. The fourth-order valence-electron chi connectivity index (χ4n) is 5.70. The number of fused-ring (bicyclic) bond motifs is 4. The molecule has 2 saturated heterocycles. The summed E-state index contributed by atoms with van der Waals surface area (Å²) in [6, 6.07) is 9.43. The summed E-state index contributed by atoms with van der Waals surface area (Å²) in [5, 5.41) is 14.3. The van der Waals surface area contributed by atoms with Gasteiger partial charge in [0.05, 0.1) is 32.8 Å². The highest BCUT2D eigenvalue weighted by atomic mass is 32.2. The third-order valence-corrected chi connectivity index (χ3v) is 8.90. The van der Waals surface area contributed by atoms with E-state index in [2.05, 4.69) is 4.74 Å². The molecule has 1 unspecified atom stereocenters. The number of methoxy groups -OCH3 is 1. The topological polar surface area (TPSA) is 127 Å². The highest BCUT2D eigenvalue weighted by Crippen LogP contribution is 2.47. The lowest BCUT2D eigenvalue weighted by molar-refractivity contribution is -0.191. The number of benzene rings is 2. The second kappa shape index (κ2) is 13.0. The van der Waals surface area contributed by atoms with E-state index in [9.17, 15) is 23.9 Å². The molecule has 0 radical (unpaired) electrons. The molecule has 2 fully saturated rings. The summed E-state index contributed by atoms with van der Waals surface area (Å²) in [5.74, 6) is -2.96. The molecular weight excluding hydrogens is 616 g/mol. The van der Waals surface area contributed by atoms with E-state index in [-0.39, 0.29) is 55.6 Å². The molecule has 2 aromatic rings. The molecule has 1 N–H and O–H groups in total. The minimum absolute atomic E-state index is 0.0516. The van der Waals surface area contributed by atoms with Gasteiger partial charge in [0.2, 0.25) is 6.79 Å². The van der Waals surface area contributed by atoms with Gasteiger partial charge in [0.25, 0.3) is 5.91 Å². The van der Waals surface area contributed by atoms with Crippen molar-refractivity contribution >= 4 is 29.8 Å². The normalized spacial score (nSPS) is 22.5. The molecule has 15 heteroatoms. The van der Waals surface area contributed by atoms with Crippen molar-refractivity contribution in [3.8, 4) is 0 Å². The largest absolute Gasteiger partial charge is 0.511 e. The lowest BCUT2D eigenvalue weighted by Gasteiger charge is -2.55. The van der Waals surface area contributed by atoms with Gasteiger partial charge >= 0.3 is 12.1 Å². The van der Waals surface area contributed by atoms with Crippen molar-refractivity contribution in [1.29, 1.82) is 0 Å². The lowest BCUT2D eigenvalue weighted by Crippen LogP contribution is -2.68. The van der Waals surface area contributed by atoms with E-state index in [1.54, 1.807) is 11.0 Å². The Morgan fingerprint density at radius 1 is 1.13 bits per heavy atom. The first-order valence-electron chi connectivity index (χ1n) is 14.0.